The van der Waals surface area contributed by atoms with Crippen LogP contribution in [0.15, 0.2) is 12.4 Å². The van der Waals surface area contributed by atoms with E-state index in [2.05, 4.69) is 28.7 Å². The molecule has 23 heavy (non-hydrogen) atoms. The minimum Gasteiger partial charge on any atom is -0.390 e. The highest BCUT2D eigenvalue weighted by Gasteiger charge is 2.29. The number of nitro groups is 1. The van der Waals surface area contributed by atoms with E-state index < -0.39 is 11.0 Å². The van der Waals surface area contributed by atoms with Crippen molar-refractivity contribution in [1.82, 2.24) is 19.6 Å². The van der Waals surface area contributed by atoms with Crippen molar-refractivity contribution >= 4 is 5.69 Å². The van der Waals surface area contributed by atoms with Crippen LogP contribution in [-0.4, -0.2) is 75.0 Å². The number of hydrogen-bond donors (Lipinski definition) is 1. The molecule has 0 bridgehead atoms. The maximum Gasteiger partial charge on any atom is 0.306 e. The molecule has 3 unspecified atom stereocenters. The Balaban J connectivity index is 1.84. The standard InChI is InChI=1S/C15H27N5O3/c1-4-18-6-5-15(12(2)8-18)17(3)10-14(21)11-19-9-13(7-16-19)20(22)23/h7,9,12,14-15,21H,4-6,8,10-11H2,1-3H3. The Bertz CT molecular complexity index is 521. The molecule has 3 atom stereocenters. The van der Waals surface area contributed by atoms with Crippen molar-refractivity contribution in [2.24, 2.45) is 5.92 Å². The zero-order valence-electron chi connectivity index (χ0n) is 14.1. The summed E-state index contributed by atoms with van der Waals surface area (Å²) in [5.74, 6) is 0.562. The molecule has 8 nitrogen and oxygen atoms in total. The van der Waals surface area contributed by atoms with Crippen LogP contribution in [0.4, 0.5) is 5.69 Å². The maximum absolute atomic E-state index is 10.6. The molecular weight excluding hydrogens is 298 g/mol. The van der Waals surface area contributed by atoms with Crippen molar-refractivity contribution in [3.05, 3.63) is 22.5 Å². The summed E-state index contributed by atoms with van der Waals surface area (Å²) >= 11 is 0. The van der Waals surface area contributed by atoms with Crippen molar-refractivity contribution in [3.8, 4) is 0 Å². The van der Waals surface area contributed by atoms with E-state index >= 15 is 0 Å². The van der Waals surface area contributed by atoms with Crippen LogP contribution in [0.1, 0.15) is 20.3 Å². The molecule has 1 aliphatic heterocycles. The van der Waals surface area contributed by atoms with Crippen LogP contribution < -0.4 is 0 Å². The van der Waals surface area contributed by atoms with E-state index in [1.54, 1.807) is 0 Å². The average molecular weight is 325 g/mol. The Morgan fingerprint density at radius 3 is 2.91 bits per heavy atom. The molecule has 0 aliphatic carbocycles. The molecule has 2 heterocycles. The zero-order chi connectivity index (χ0) is 17.0. The van der Waals surface area contributed by atoms with Gasteiger partial charge in [-0.05, 0) is 32.5 Å². The van der Waals surface area contributed by atoms with E-state index in [1.807, 2.05) is 7.05 Å². The lowest BCUT2D eigenvalue weighted by Crippen LogP contribution is -2.50. The summed E-state index contributed by atoms with van der Waals surface area (Å²) in [6.45, 7) is 8.51. The average Bonchev–Trinajstić information content (AvgIpc) is 2.95. The summed E-state index contributed by atoms with van der Waals surface area (Å²) in [5, 5.41) is 24.8. The number of piperidine rings is 1. The van der Waals surface area contributed by atoms with Crippen LogP contribution in [0.5, 0.6) is 0 Å². The summed E-state index contributed by atoms with van der Waals surface area (Å²) in [7, 11) is 2.04. The first-order valence-electron chi connectivity index (χ1n) is 8.18. The lowest BCUT2D eigenvalue weighted by molar-refractivity contribution is -0.385. The van der Waals surface area contributed by atoms with Crippen LogP contribution in [0.25, 0.3) is 0 Å². The van der Waals surface area contributed by atoms with Crippen LogP contribution in [0.3, 0.4) is 0 Å². The minimum absolute atomic E-state index is 0.0499. The van der Waals surface area contributed by atoms with Gasteiger partial charge in [0.1, 0.15) is 12.4 Å². The SMILES string of the molecule is CCN1CCC(N(C)CC(O)Cn2cc([N+](=O)[O-])cn2)C(C)C1. The van der Waals surface area contributed by atoms with Crippen LogP contribution in [0.2, 0.25) is 0 Å². The minimum atomic E-state index is -0.601. The van der Waals surface area contributed by atoms with Crippen molar-refractivity contribution in [3.63, 3.8) is 0 Å². The van der Waals surface area contributed by atoms with Crippen LogP contribution in [-0.2, 0) is 6.54 Å². The number of nitrogens with zero attached hydrogens (tertiary/aromatic N) is 5. The second-order valence-corrected chi connectivity index (χ2v) is 6.50. The van der Waals surface area contributed by atoms with Gasteiger partial charge in [0, 0.05) is 19.1 Å². The highest BCUT2D eigenvalue weighted by molar-refractivity contribution is 5.20. The van der Waals surface area contributed by atoms with E-state index in [1.165, 1.54) is 17.1 Å². The van der Waals surface area contributed by atoms with Gasteiger partial charge in [-0.1, -0.05) is 13.8 Å². The van der Waals surface area contributed by atoms with Gasteiger partial charge >= 0.3 is 5.69 Å². The van der Waals surface area contributed by atoms with Gasteiger partial charge in [0.2, 0.25) is 0 Å². The largest absolute Gasteiger partial charge is 0.390 e. The number of aliphatic hydroxyl groups excluding tert-OH is 1. The summed E-state index contributed by atoms with van der Waals surface area (Å²) in [6.07, 6.45) is 3.06. The second kappa shape index (κ2) is 7.85. The predicted molar refractivity (Wildman–Crippen MR) is 87.2 cm³/mol. The summed E-state index contributed by atoms with van der Waals surface area (Å²) in [4.78, 5) is 14.8. The van der Waals surface area contributed by atoms with Gasteiger partial charge < -0.3 is 14.9 Å². The molecule has 1 aromatic rings. The van der Waals surface area contributed by atoms with Gasteiger partial charge in [-0.2, -0.15) is 5.10 Å². The second-order valence-electron chi connectivity index (χ2n) is 6.50. The highest BCUT2D eigenvalue weighted by atomic mass is 16.6. The van der Waals surface area contributed by atoms with Crippen molar-refractivity contribution in [2.75, 3.05) is 33.2 Å². The number of likely N-dealkylation sites (tertiary alicyclic amines) is 1. The van der Waals surface area contributed by atoms with Gasteiger partial charge in [-0.25, -0.2) is 0 Å². The van der Waals surface area contributed by atoms with Crippen LogP contribution in [0, 0.1) is 16.0 Å². The molecule has 0 saturated carbocycles. The Labute approximate surface area is 136 Å². The lowest BCUT2D eigenvalue weighted by Gasteiger charge is -2.41. The first-order chi connectivity index (χ1) is 10.9. The quantitative estimate of drug-likeness (QED) is 0.590. The fourth-order valence-electron chi connectivity index (χ4n) is 3.45. The smallest absolute Gasteiger partial charge is 0.306 e. The van der Waals surface area contributed by atoms with E-state index in [4.69, 9.17) is 0 Å². The Hall–Kier alpha value is -1.51. The van der Waals surface area contributed by atoms with E-state index in [0.717, 1.165) is 26.1 Å². The maximum atomic E-state index is 10.6. The van der Waals surface area contributed by atoms with Crippen LogP contribution >= 0.6 is 0 Å². The summed E-state index contributed by atoms with van der Waals surface area (Å²) in [5.41, 5.74) is -0.0499. The highest BCUT2D eigenvalue weighted by Crippen LogP contribution is 2.21. The fourth-order valence-corrected chi connectivity index (χ4v) is 3.45. The molecule has 2 rings (SSSR count). The van der Waals surface area contributed by atoms with Gasteiger partial charge in [0.25, 0.3) is 0 Å². The molecular formula is C15H27N5O3. The fraction of sp³-hybridized carbons (Fsp3) is 0.800. The first kappa shape index (κ1) is 17.8. The van der Waals surface area contributed by atoms with Crippen molar-refractivity contribution < 1.29 is 10.0 Å². The van der Waals surface area contributed by atoms with Gasteiger partial charge in [0.05, 0.1) is 17.6 Å². The molecule has 0 radical (unpaired) electrons. The monoisotopic (exact) mass is 325 g/mol. The third kappa shape index (κ3) is 4.73. The van der Waals surface area contributed by atoms with Gasteiger partial charge in [0.15, 0.2) is 0 Å². The number of hydrogen-bond acceptors (Lipinski definition) is 6. The molecule has 1 fully saturated rings. The molecule has 0 aromatic carbocycles. The number of likely N-dealkylation sites (N-methyl/N-ethyl adjacent to an activating group) is 1. The molecule has 130 valence electrons. The van der Waals surface area contributed by atoms with Crippen molar-refractivity contribution in [1.29, 1.82) is 0 Å². The molecule has 1 aromatic heterocycles. The lowest BCUT2D eigenvalue weighted by atomic mass is 9.92. The number of rotatable bonds is 7. The van der Waals surface area contributed by atoms with E-state index in [-0.39, 0.29) is 12.2 Å². The first-order valence-corrected chi connectivity index (χ1v) is 8.18. The topological polar surface area (TPSA) is 87.7 Å². The molecule has 1 aliphatic rings. The van der Waals surface area contributed by atoms with Crippen molar-refractivity contribution in [2.45, 2.75) is 39.0 Å². The van der Waals surface area contributed by atoms with Gasteiger partial charge in [-0.15, -0.1) is 0 Å². The van der Waals surface area contributed by atoms with E-state index in [9.17, 15) is 15.2 Å². The third-order valence-electron chi connectivity index (χ3n) is 4.68. The molecule has 0 amide bonds. The predicted octanol–water partition coefficient (Wildman–Crippen LogP) is 0.814. The number of aliphatic hydroxyl groups is 1. The molecule has 0 spiro atoms. The Morgan fingerprint density at radius 2 is 2.35 bits per heavy atom. The van der Waals surface area contributed by atoms with E-state index in [0.29, 0.717) is 18.5 Å². The zero-order valence-corrected chi connectivity index (χ0v) is 14.1. The number of aromatic nitrogens is 2. The van der Waals surface area contributed by atoms with Gasteiger partial charge in [-0.3, -0.25) is 14.8 Å². The Kier molecular flexibility index (Phi) is 6.09. The normalized spacial score (nSPS) is 24.0. The molecule has 1 saturated heterocycles. The summed E-state index contributed by atoms with van der Waals surface area (Å²) < 4.78 is 1.43. The Morgan fingerprint density at radius 1 is 1.61 bits per heavy atom. The molecule has 8 heteroatoms. The third-order valence-corrected chi connectivity index (χ3v) is 4.68. The summed E-state index contributed by atoms with van der Waals surface area (Å²) in [6, 6.07) is 0.458. The molecule has 1 N–H and O–H groups in total.